The van der Waals surface area contributed by atoms with E-state index in [2.05, 4.69) is 5.32 Å². The average Bonchev–Trinajstić information content (AvgIpc) is 2.97. The van der Waals surface area contributed by atoms with Gasteiger partial charge in [-0.1, -0.05) is 46.9 Å². The van der Waals surface area contributed by atoms with Gasteiger partial charge in [0.25, 0.3) is 0 Å². The lowest BCUT2D eigenvalue weighted by molar-refractivity contribution is -0.131. The molecule has 1 heterocycles. The highest BCUT2D eigenvalue weighted by Gasteiger charge is 2.22. The molecule has 0 bridgehead atoms. The minimum atomic E-state index is -0.203. The van der Waals surface area contributed by atoms with Gasteiger partial charge in [0.2, 0.25) is 5.91 Å². The standard InChI is InChI=1S/C21H22Cl3N3O3/c22-15-4-1-5-16(14-15)25-21(29)27-10-3-9-26(11-12-27)19(28)8-13-30-18-7-2-6-17(23)20(18)24/h1-2,4-7,14H,3,8-13H2,(H,25,29). The Morgan fingerprint density at radius 3 is 2.50 bits per heavy atom. The zero-order chi connectivity index (χ0) is 21.5. The molecule has 9 heteroatoms. The van der Waals surface area contributed by atoms with Gasteiger partial charge in [-0.2, -0.15) is 0 Å². The van der Waals surface area contributed by atoms with Gasteiger partial charge in [0.05, 0.1) is 18.1 Å². The van der Waals surface area contributed by atoms with E-state index in [0.29, 0.717) is 59.1 Å². The predicted octanol–water partition coefficient (Wildman–Crippen LogP) is 5.18. The third-order valence-electron chi connectivity index (χ3n) is 4.70. The molecule has 3 amide bonds. The Morgan fingerprint density at radius 2 is 1.70 bits per heavy atom. The first-order valence-corrected chi connectivity index (χ1v) is 10.7. The summed E-state index contributed by atoms with van der Waals surface area (Å²) >= 11 is 18.0. The molecule has 0 saturated carbocycles. The zero-order valence-electron chi connectivity index (χ0n) is 16.2. The number of ether oxygens (including phenoxy) is 1. The van der Waals surface area contributed by atoms with E-state index in [-0.39, 0.29) is 25.0 Å². The van der Waals surface area contributed by atoms with E-state index in [0.717, 1.165) is 0 Å². The van der Waals surface area contributed by atoms with Crippen molar-refractivity contribution in [1.29, 1.82) is 0 Å². The lowest BCUT2D eigenvalue weighted by Crippen LogP contribution is -2.39. The van der Waals surface area contributed by atoms with Crippen molar-refractivity contribution in [1.82, 2.24) is 9.80 Å². The van der Waals surface area contributed by atoms with Crippen molar-refractivity contribution in [3.8, 4) is 5.75 Å². The third-order valence-corrected chi connectivity index (χ3v) is 5.74. The van der Waals surface area contributed by atoms with E-state index < -0.39 is 0 Å². The highest BCUT2D eigenvalue weighted by molar-refractivity contribution is 6.42. The Labute approximate surface area is 190 Å². The Morgan fingerprint density at radius 1 is 0.967 bits per heavy atom. The molecule has 0 unspecified atom stereocenters. The van der Waals surface area contributed by atoms with Crippen molar-refractivity contribution in [2.24, 2.45) is 0 Å². The summed E-state index contributed by atoms with van der Waals surface area (Å²) in [6.45, 7) is 2.30. The molecule has 6 nitrogen and oxygen atoms in total. The largest absolute Gasteiger partial charge is 0.491 e. The van der Waals surface area contributed by atoms with Crippen LogP contribution in [0.5, 0.6) is 5.75 Å². The number of anilines is 1. The number of carbonyl (C=O) groups is 2. The van der Waals surface area contributed by atoms with Gasteiger partial charge >= 0.3 is 6.03 Å². The van der Waals surface area contributed by atoms with Crippen LogP contribution in [0.15, 0.2) is 42.5 Å². The number of urea groups is 1. The average molecular weight is 471 g/mol. The van der Waals surface area contributed by atoms with Crippen LogP contribution >= 0.6 is 34.8 Å². The maximum Gasteiger partial charge on any atom is 0.321 e. The number of hydrogen-bond acceptors (Lipinski definition) is 3. The summed E-state index contributed by atoms with van der Waals surface area (Å²) < 4.78 is 5.60. The van der Waals surface area contributed by atoms with Crippen LogP contribution in [0.3, 0.4) is 0 Å². The number of halogens is 3. The van der Waals surface area contributed by atoms with Crippen LogP contribution in [0.2, 0.25) is 15.1 Å². The maximum absolute atomic E-state index is 12.6. The van der Waals surface area contributed by atoms with Gasteiger partial charge in [-0.15, -0.1) is 0 Å². The van der Waals surface area contributed by atoms with Gasteiger partial charge in [0.15, 0.2) is 0 Å². The normalized spacial score (nSPS) is 14.2. The van der Waals surface area contributed by atoms with Crippen molar-refractivity contribution >= 4 is 52.4 Å². The molecule has 0 spiro atoms. The monoisotopic (exact) mass is 469 g/mol. The fourth-order valence-corrected chi connectivity index (χ4v) is 3.68. The molecule has 160 valence electrons. The maximum atomic E-state index is 12.6. The van der Waals surface area contributed by atoms with Crippen molar-refractivity contribution in [3.63, 3.8) is 0 Å². The number of nitrogens with one attached hydrogen (secondary N) is 1. The Hall–Kier alpha value is -2.15. The van der Waals surface area contributed by atoms with Gasteiger partial charge < -0.3 is 19.9 Å². The minimum absolute atomic E-state index is 0.0229. The molecule has 1 aliphatic heterocycles. The van der Waals surface area contributed by atoms with E-state index in [1.165, 1.54) is 0 Å². The van der Waals surface area contributed by atoms with Crippen LogP contribution in [0.1, 0.15) is 12.8 Å². The van der Waals surface area contributed by atoms with Crippen molar-refractivity contribution in [2.75, 3.05) is 38.1 Å². The van der Waals surface area contributed by atoms with Gasteiger partial charge in [0, 0.05) is 36.9 Å². The highest BCUT2D eigenvalue weighted by atomic mass is 35.5. The molecule has 1 saturated heterocycles. The van der Waals surface area contributed by atoms with Crippen LogP contribution in [-0.2, 0) is 4.79 Å². The van der Waals surface area contributed by atoms with Gasteiger partial charge in [-0.25, -0.2) is 4.79 Å². The molecule has 1 fully saturated rings. The number of hydrogen-bond donors (Lipinski definition) is 1. The van der Waals surface area contributed by atoms with E-state index in [4.69, 9.17) is 39.5 Å². The van der Waals surface area contributed by atoms with Gasteiger partial charge in [-0.05, 0) is 36.8 Å². The van der Waals surface area contributed by atoms with Crippen molar-refractivity contribution in [3.05, 3.63) is 57.5 Å². The first-order chi connectivity index (χ1) is 14.4. The number of rotatable bonds is 5. The van der Waals surface area contributed by atoms with Crippen LogP contribution in [-0.4, -0.2) is 54.5 Å². The summed E-state index contributed by atoms with van der Waals surface area (Å²) in [7, 11) is 0. The molecule has 0 atom stereocenters. The molecule has 30 heavy (non-hydrogen) atoms. The number of carbonyl (C=O) groups excluding carboxylic acids is 2. The van der Waals surface area contributed by atoms with Crippen LogP contribution in [0, 0.1) is 0 Å². The molecule has 0 aliphatic carbocycles. The Balaban J connectivity index is 1.46. The van der Waals surface area contributed by atoms with Crippen molar-refractivity contribution in [2.45, 2.75) is 12.8 Å². The molecule has 3 rings (SSSR count). The van der Waals surface area contributed by atoms with Crippen LogP contribution in [0.4, 0.5) is 10.5 Å². The third kappa shape index (κ3) is 6.17. The lowest BCUT2D eigenvalue weighted by Gasteiger charge is -2.22. The Kier molecular flexibility index (Phi) is 8.08. The van der Waals surface area contributed by atoms with E-state index in [1.54, 1.807) is 52.3 Å². The summed E-state index contributed by atoms with van der Waals surface area (Å²) in [5.74, 6) is 0.432. The quantitative estimate of drug-likeness (QED) is 0.655. The van der Waals surface area contributed by atoms with E-state index in [1.807, 2.05) is 0 Å². The van der Waals surface area contributed by atoms with E-state index >= 15 is 0 Å². The fraction of sp³-hybridized carbons (Fsp3) is 0.333. The van der Waals surface area contributed by atoms with Crippen LogP contribution in [0.25, 0.3) is 0 Å². The molecule has 1 aliphatic rings. The van der Waals surface area contributed by atoms with Crippen molar-refractivity contribution < 1.29 is 14.3 Å². The first-order valence-electron chi connectivity index (χ1n) is 9.60. The summed E-state index contributed by atoms with van der Waals surface area (Å²) in [6.07, 6.45) is 0.924. The fourth-order valence-electron chi connectivity index (χ4n) is 3.14. The lowest BCUT2D eigenvalue weighted by atomic mass is 10.3. The second kappa shape index (κ2) is 10.8. The van der Waals surface area contributed by atoms with E-state index in [9.17, 15) is 9.59 Å². The topological polar surface area (TPSA) is 61.9 Å². The molecule has 0 aromatic heterocycles. The minimum Gasteiger partial charge on any atom is -0.491 e. The molecular weight excluding hydrogens is 449 g/mol. The predicted molar refractivity (Wildman–Crippen MR) is 120 cm³/mol. The number of amides is 3. The summed E-state index contributed by atoms with van der Waals surface area (Å²) in [4.78, 5) is 28.5. The summed E-state index contributed by atoms with van der Waals surface area (Å²) in [5.41, 5.74) is 0.640. The molecular formula is C21H22Cl3N3O3. The Bertz CT molecular complexity index is 910. The number of nitrogens with zero attached hydrogens (tertiary/aromatic N) is 2. The van der Waals surface area contributed by atoms with Gasteiger partial charge in [-0.3, -0.25) is 4.79 Å². The highest BCUT2D eigenvalue weighted by Crippen LogP contribution is 2.31. The number of benzene rings is 2. The smallest absolute Gasteiger partial charge is 0.321 e. The van der Waals surface area contributed by atoms with Gasteiger partial charge in [0.1, 0.15) is 10.8 Å². The molecule has 0 radical (unpaired) electrons. The second-order valence-electron chi connectivity index (χ2n) is 6.81. The molecule has 2 aromatic carbocycles. The summed E-state index contributed by atoms with van der Waals surface area (Å²) in [6, 6.07) is 11.9. The molecule has 1 N–H and O–H groups in total. The van der Waals surface area contributed by atoms with Crippen LogP contribution < -0.4 is 10.1 Å². The first kappa shape index (κ1) is 22.5. The zero-order valence-corrected chi connectivity index (χ0v) is 18.5. The summed E-state index contributed by atoms with van der Waals surface area (Å²) in [5, 5.41) is 4.14. The molecule has 2 aromatic rings. The second-order valence-corrected chi connectivity index (χ2v) is 8.03. The SMILES string of the molecule is O=C(CCOc1cccc(Cl)c1Cl)N1CCCN(C(=O)Nc2cccc(Cl)c2)CC1.